The quantitative estimate of drug-likeness (QED) is 0.746. The van der Waals surface area contributed by atoms with E-state index in [0.717, 1.165) is 25.9 Å². The molecule has 1 amide bonds. The predicted octanol–water partition coefficient (Wildman–Crippen LogP) is 0.726. The first-order valence-corrected chi connectivity index (χ1v) is 6.92. The first-order chi connectivity index (χ1) is 8.13. The summed E-state index contributed by atoms with van der Waals surface area (Å²) in [6.45, 7) is 8.14. The number of rotatable bonds is 2. The Morgan fingerprint density at radius 1 is 1.24 bits per heavy atom. The van der Waals surface area contributed by atoms with E-state index in [1.54, 1.807) is 0 Å². The molecule has 4 unspecified atom stereocenters. The normalized spacial score (nSPS) is 38.4. The fourth-order valence-electron chi connectivity index (χ4n) is 3.01. The van der Waals surface area contributed by atoms with Crippen molar-refractivity contribution in [2.75, 3.05) is 13.1 Å². The van der Waals surface area contributed by atoms with E-state index in [4.69, 9.17) is 0 Å². The Labute approximate surface area is 104 Å². The van der Waals surface area contributed by atoms with E-state index in [9.17, 15) is 4.79 Å². The number of likely N-dealkylation sites (tertiary alicyclic amines) is 1. The van der Waals surface area contributed by atoms with E-state index in [1.165, 1.54) is 6.42 Å². The molecule has 2 N–H and O–H groups in total. The van der Waals surface area contributed by atoms with Gasteiger partial charge in [-0.05, 0) is 33.1 Å². The molecule has 2 fully saturated rings. The van der Waals surface area contributed by atoms with Gasteiger partial charge in [-0.25, -0.2) is 0 Å². The Morgan fingerprint density at radius 3 is 2.59 bits per heavy atom. The number of carbonyl (C=O) groups is 1. The SMILES string of the molecule is CCC1CCC(C)N1C(=O)C1CNC(C)CN1. The van der Waals surface area contributed by atoms with E-state index in [0.29, 0.717) is 24.0 Å². The van der Waals surface area contributed by atoms with Gasteiger partial charge in [-0.15, -0.1) is 0 Å². The largest absolute Gasteiger partial charge is 0.336 e. The van der Waals surface area contributed by atoms with Gasteiger partial charge < -0.3 is 15.5 Å². The van der Waals surface area contributed by atoms with Crippen molar-refractivity contribution in [2.24, 2.45) is 0 Å². The average Bonchev–Trinajstić information content (AvgIpc) is 2.70. The van der Waals surface area contributed by atoms with Crippen molar-refractivity contribution in [3.8, 4) is 0 Å². The molecule has 4 heteroatoms. The monoisotopic (exact) mass is 239 g/mol. The average molecular weight is 239 g/mol. The molecule has 2 saturated heterocycles. The third-order valence-electron chi connectivity index (χ3n) is 4.15. The number of nitrogens with one attached hydrogen (secondary N) is 2. The summed E-state index contributed by atoms with van der Waals surface area (Å²) in [5, 5.41) is 6.73. The second-order valence-electron chi connectivity index (χ2n) is 5.50. The zero-order valence-corrected chi connectivity index (χ0v) is 11.2. The van der Waals surface area contributed by atoms with Crippen LogP contribution in [0.15, 0.2) is 0 Å². The molecule has 0 spiro atoms. The summed E-state index contributed by atoms with van der Waals surface area (Å²) in [5.74, 6) is 0.293. The number of hydrogen-bond donors (Lipinski definition) is 2. The topological polar surface area (TPSA) is 44.4 Å². The maximum atomic E-state index is 12.5. The summed E-state index contributed by atoms with van der Waals surface area (Å²) in [4.78, 5) is 14.6. The van der Waals surface area contributed by atoms with E-state index in [1.807, 2.05) is 0 Å². The van der Waals surface area contributed by atoms with Crippen LogP contribution in [-0.4, -0.2) is 48.1 Å². The summed E-state index contributed by atoms with van der Waals surface area (Å²) in [6, 6.07) is 1.31. The van der Waals surface area contributed by atoms with Gasteiger partial charge in [-0.1, -0.05) is 6.92 Å². The van der Waals surface area contributed by atoms with Gasteiger partial charge in [0.25, 0.3) is 0 Å². The summed E-state index contributed by atoms with van der Waals surface area (Å²) >= 11 is 0. The lowest BCUT2D eigenvalue weighted by Gasteiger charge is -2.35. The molecular formula is C13H25N3O. The Bertz CT molecular complexity index is 274. The van der Waals surface area contributed by atoms with Gasteiger partial charge in [-0.2, -0.15) is 0 Å². The summed E-state index contributed by atoms with van der Waals surface area (Å²) in [5.41, 5.74) is 0. The lowest BCUT2D eigenvalue weighted by molar-refractivity contribution is -0.136. The van der Waals surface area contributed by atoms with Crippen LogP contribution in [0.3, 0.4) is 0 Å². The van der Waals surface area contributed by atoms with Gasteiger partial charge >= 0.3 is 0 Å². The highest BCUT2D eigenvalue weighted by Gasteiger charge is 2.37. The van der Waals surface area contributed by atoms with E-state index >= 15 is 0 Å². The van der Waals surface area contributed by atoms with Gasteiger partial charge in [-0.3, -0.25) is 4.79 Å². The van der Waals surface area contributed by atoms with E-state index in [2.05, 4.69) is 36.3 Å². The smallest absolute Gasteiger partial charge is 0.241 e. The summed E-state index contributed by atoms with van der Waals surface area (Å²) in [6.07, 6.45) is 3.40. The minimum atomic E-state index is -0.0270. The van der Waals surface area contributed by atoms with Crippen molar-refractivity contribution in [2.45, 2.75) is 64.2 Å². The maximum Gasteiger partial charge on any atom is 0.241 e. The third-order valence-corrected chi connectivity index (χ3v) is 4.15. The lowest BCUT2D eigenvalue weighted by Crippen LogP contribution is -2.60. The molecule has 2 heterocycles. The highest BCUT2D eigenvalue weighted by atomic mass is 16.2. The second-order valence-corrected chi connectivity index (χ2v) is 5.50. The van der Waals surface area contributed by atoms with Crippen LogP contribution in [0.5, 0.6) is 0 Å². The van der Waals surface area contributed by atoms with Crippen LogP contribution in [0.2, 0.25) is 0 Å². The summed E-state index contributed by atoms with van der Waals surface area (Å²) < 4.78 is 0. The van der Waals surface area contributed by atoms with Crippen molar-refractivity contribution >= 4 is 5.91 Å². The van der Waals surface area contributed by atoms with Gasteiger partial charge in [0, 0.05) is 31.2 Å². The number of hydrogen-bond acceptors (Lipinski definition) is 3. The van der Waals surface area contributed by atoms with Crippen LogP contribution in [0.25, 0.3) is 0 Å². The lowest BCUT2D eigenvalue weighted by atomic mass is 10.1. The van der Waals surface area contributed by atoms with Crippen LogP contribution >= 0.6 is 0 Å². The molecule has 98 valence electrons. The third kappa shape index (κ3) is 2.63. The van der Waals surface area contributed by atoms with Gasteiger partial charge in [0.1, 0.15) is 0 Å². The maximum absolute atomic E-state index is 12.5. The van der Waals surface area contributed by atoms with Crippen LogP contribution in [0, 0.1) is 0 Å². The van der Waals surface area contributed by atoms with Crippen molar-refractivity contribution in [1.82, 2.24) is 15.5 Å². The zero-order chi connectivity index (χ0) is 12.4. The molecule has 0 bridgehead atoms. The van der Waals surface area contributed by atoms with Crippen molar-refractivity contribution < 1.29 is 4.79 Å². The Balaban J connectivity index is 1.98. The molecule has 0 aromatic heterocycles. The van der Waals surface area contributed by atoms with Crippen LogP contribution in [0.4, 0.5) is 0 Å². The van der Waals surface area contributed by atoms with Crippen molar-refractivity contribution in [1.29, 1.82) is 0 Å². The molecule has 0 saturated carbocycles. The fraction of sp³-hybridized carbons (Fsp3) is 0.923. The highest BCUT2D eigenvalue weighted by molar-refractivity contribution is 5.83. The highest BCUT2D eigenvalue weighted by Crippen LogP contribution is 2.26. The minimum absolute atomic E-state index is 0.0270. The minimum Gasteiger partial charge on any atom is -0.336 e. The van der Waals surface area contributed by atoms with Crippen molar-refractivity contribution in [3.05, 3.63) is 0 Å². The Morgan fingerprint density at radius 2 is 2.00 bits per heavy atom. The van der Waals surface area contributed by atoms with Gasteiger partial charge in [0.15, 0.2) is 0 Å². The number of amides is 1. The van der Waals surface area contributed by atoms with E-state index in [-0.39, 0.29) is 6.04 Å². The molecule has 0 aromatic rings. The Hall–Kier alpha value is -0.610. The molecule has 2 rings (SSSR count). The molecular weight excluding hydrogens is 214 g/mol. The predicted molar refractivity (Wildman–Crippen MR) is 68.9 cm³/mol. The first-order valence-electron chi connectivity index (χ1n) is 6.92. The summed E-state index contributed by atoms with van der Waals surface area (Å²) in [7, 11) is 0. The standard InChI is InChI=1S/C13H25N3O/c1-4-11-6-5-10(3)16(11)13(17)12-8-14-9(2)7-15-12/h9-12,14-15H,4-8H2,1-3H3. The number of nitrogens with zero attached hydrogens (tertiary/aromatic N) is 1. The number of carbonyl (C=O) groups excluding carboxylic acids is 1. The zero-order valence-electron chi connectivity index (χ0n) is 11.2. The van der Waals surface area contributed by atoms with Crippen molar-refractivity contribution in [3.63, 3.8) is 0 Å². The van der Waals surface area contributed by atoms with Crippen LogP contribution in [0.1, 0.15) is 40.0 Å². The molecule has 4 nitrogen and oxygen atoms in total. The molecule has 2 aliphatic heterocycles. The fourth-order valence-corrected chi connectivity index (χ4v) is 3.01. The van der Waals surface area contributed by atoms with Gasteiger partial charge in [0.2, 0.25) is 5.91 Å². The molecule has 2 aliphatic rings. The Kier molecular flexibility index (Phi) is 4.05. The molecule has 0 aromatic carbocycles. The molecule has 0 aliphatic carbocycles. The number of piperazine rings is 1. The van der Waals surface area contributed by atoms with Gasteiger partial charge in [0.05, 0.1) is 6.04 Å². The van der Waals surface area contributed by atoms with E-state index < -0.39 is 0 Å². The second kappa shape index (κ2) is 5.36. The molecule has 4 atom stereocenters. The van der Waals surface area contributed by atoms with Crippen LogP contribution in [-0.2, 0) is 4.79 Å². The molecule has 17 heavy (non-hydrogen) atoms. The first kappa shape index (κ1) is 12.8. The molecule has 0 radical (unpaired) electrons. The van der Waals surface area contributed by atoms with Crippen LogP contribution < -0.4 is 10.6 Å².